The van der Waals surface area contributed by atoms with E-state index in [2.05, 4.69) is 11.1 Å². The van der Waals surface area contributed by atoms with Gasteiger partial charge >= 0.3 is 4.87 Å². The summed E-state index contributed by atoms with van der Waals surface area (Å²) in [6.07, 6.45) is 0.878. The van der Waals surface area contributed by atoms with Gasteiger partial charge in [0.1, 0.15) is 5.75 Å². The summed E-state index contributed by atoms with van der Waals surface area (Å²) in [7, 11) is 1.67. The number of fused-ring (bicyclic) bond motifs is 9. The lowest BCUT2D eigenvalue weighted by Gasteiger charge is -2.43. The number of H-pyrrole nitrogens is 1. The molecule has 172 valence electrons. The molecular formula is C26H22N2O4S2. The average molecular weight is 491 g/mol. The van der Waals surface area contributed by atoms with Crippen molar-refractivity contribution in [3.05, 3.63) is 74.7 Å². The third-order valence-corrected chi connectivity index (χ3v) is 10.8. The molecule has 1 N–H and O–H groups in total. The predicted molar refractivity (Wildman–Crippen MR) is 130 cm³/mol. The van der Waals surface area contributed by atoms with Crippen LogP contribution < -0.4 is 14.5 Å². The highest BCUT2D eigenvalue weighted by Gasteiger charge is 2.69. The van der Waals surface area contributed by atoms with Crippen molar-refractivity contribution in [3.8, 4) is 5.75 Å². The summed E-state index contributed by atoms with van der Waals surface area (Å²) in [5.41, 5.74) is 1.71. The van der Waals surface area contributed by atoms with Gasteiger partial charge in [-0.25, -0.2) is 0 Å². The van der Waals surface area contributed by atoms with E-state index in [4.69, 9.17) is 4.74 Å². The molecule has 2 saturated carbocycles. The Hall–Kier alpha value is -2.84. The van der Waals surface area contributed by atoms with Gasteiger partial charge in [-0.1, -0.05) is 47.7 Å². The van der Waals surface area contributed by atoms with Crippen molar-refractivity contribution in [3.63, 3.8) is 0 Å². The first kappa shape index (κ1) is 20.5. The summed E-state index contributed by atoms with van der Waals surface area (Å²) in [6, 6.07) is 17.3. The fourth-order valence-corrected chi connectivity index (χ4v) is 10.00. The Morgan fingerprint density at radius 2 is 1.65 bits per heavy atom. The summed E-state index contributed by atoms with van der Waals surface area (Å²) in [5.74, 6) is 0.427. The van der Waals surface area contributed by atoms with Crippen LogP contribution in [0.15, 0.2) is 64.4 Å². The second kappa shape index (κ2) is 7.33. The molecule has 34 heavy (non-hydrogen) atoms. The van der Waals surface area contributed by atoms with E-state index in [0.29, 0.717) is 5.69 Å². The lowest BCUT2D eigenvalue weighted by Crippen LogP contribution is -2.42. The highest BCUT2D eigenvalue weighted by molar-refractivity contribution is 8.00. The van der Waals surface area contributed by atoms with Crippen LogP contribution in [-0.4, -0.2) is 29.2 Å². The van der Waals surface area contributed by atoms with Gasteiger partial charge in [-0.05, 0) is 42.4 Å². The molecule has 0 spiro atoms. The molecule has 0 radical (unpaired) electrons. The van der Waals surface area contributed by atoms with Crippen LogP contribution in [-0.2, 0) is 9.59 Å². The Morgan fingerprint density at radius 1 is 0.941 bits per heavy atom. The number of nitrogens with one attached hydrogen (secondary N) is 1. The minimum absolute atomic E-state index is 0.0361. The van der Waals surface area contributed by atoms with Crippen molar-refractivity contribution in [2.75, 3.05) is 12.0 Å². The number of carbonyl (C=O) groups is 2. The van der Waals surface area contributed by atoms with E-state index in [9.17, 15) is 14.4 Å². The van der Waals surface area contributed by atoms with Crippen molar-refractivity contribution in [1.82, 2.24) is 4.98 Å². The van der Waals surface area contributed by atoms with Gasteiger partial charge in [0.2, 0.25) is 11.8 Å². The molecule has 3 fully saturated rings. The summed E-state index contributed by atoms with van der Waals surface area (Å²) in [5, 5.41) is 1.08. The van der Waals surface area contributed by atoms with Gasteiger partial charge in [-0.3, -0.25) is 19.3 Å². The molecule has 2 amide bonds. The van der Waals surface area contributed by atoms with E-state index in [1.54, 1.807) is 18.9 Å². The Bertz CT molecular complexity index is 1380. The monoisotopic (exact) mass is 490 g/mol. The van der Waals surface area contributed by atoms with Crippen LogP contribution in [0, 0.1) is 29.6 Å². The van der Waals surface area contributed by atoms with Crippen LogP contribution in [0.5, 0.6) is 5.75 Å². The number of benzene rings is 2. The average Bonchev–Trinajstić information content (AvgIpc) is 3.58. The topological polar surface area (TPSA) is 79.5 Å². The maximum Gasteiger partial charge on any atom is 0.305 e. The molecule has 6 nitrogen and oxygen atoms in total. The normalized spacial score (nSPS) is 33.1. The number of thioether (sulfide) groups is 1. The number of hydrogen-bond donors (Lipinski definition) is 1. The van der Waals surface area contributed by atoms with Gasteiger partial charge in [0, 0.05) is 21.6 Å². The van der Waals surface area contributed by atoms with Crippen LogP contribution in [0.25, 0.3) is 0 Å². The van der Waals surface area contributed by atoms with E-state index in [0.717, 1.165) is 27.6 Å². The smallest absolute Gasteiger partial charge is 0.305 e. The fraction of sp³-hybridized carbons (Fsp3) is 0.346. The fourth-order valence-electron chi connectivity index (χ4n) is 7.12. The van der Waals surface area contributed by atoms with Crippen molar-refractivity contribution in [1.29, 1.82) is 0 Å². The standard InChI is InChI=1S/C26H22N2O4S2/c1-32-16-10-6-5-9-13(16)17-18-14-11-15(21(18)33-23-22(17)34-26(31)27-23)20-19(14)24(29)28(25(20)30)12-7-3-2-4-8-12/h2-10,14-15,17-21H,11H2,1H3,(H,27,31)/t14-,15+,17-,18+,19+,20+,21-/m1/s1. The Morgan fingerprint density at radius 3 is 2.41 bits per heavy atom. The number of hydrogen-bond acceptors (Lipinski definition) is 6. The SMILES string of the molecule is COc1ccccc1[C@H]1c2sc(=O)[nH]c2S[C@@H]2[C@H]3C[C@@H]([C@@H]4C(=O)N(c5ccccc5)C(=O)[C@@H]34)[C@@H]12. The highest BCUT2D eigenvalue weighted by atomic mass is 32.2. The molecule has 1 saturated heterocycles. The van der Waals surface area contributed by atoms with Crippen molar-refractivity contribution >= 4 is 40.6 Å². The summed E-state index contributed by atoms with van der Waals surface area (Å²) >= 11 is 2.97. The number of imide groups is 1. The van der Waals surface area contributed by atoms with Crippen molar-refractivity contribution < 1.29 is 14.3 Å². The number of thiazole rings is 1. The molecule has 7 rings (SSSR count). The van der Waals surface area contributed by atoms with Crippen LogP contribution in [0.4, 0.5) is 5.69 Å². The van der Waals surface area contributed by atoms with Gasteiger partial charge < -0.3 is 9.72 Å². The second-order valence-electron chi connectivity index (χ2n) is 9.55. The van der Waals surface area contributed by atoms with E-state index >= 15 is 0 Å². The third-order valence-electron chi connectivity index (χ3n) is 8.21. The molecule has 3 heterocycles. The van der Waals surface area contributed by atoms with Gasteiger partial charge in [0.05, 0.1) is 29.7 Å². The third kappa shape index (κ3) is 2.61. The molecule has 2 aromatic carbocycles. The molecule has 1 aromatic heterocycles. The van der Waals surface area contributed by atoms with Crippen LogP contribution in [0.1, 0.15) is 22.8 Å². The number of aromatic nitrogens is 1. The molecule has 2 bridgehead atoms. The molecule has 2 aliphatic heterocycles. The van der Waals surface area contributed by atoms with E-state index < -0.39 is 0 Å². The number of ether oxygens (including phenoxy) is 1. The molecule has 7 atom stereocenters. The molecular weight excluding hydrogens is 468 g/mol. The minimum atomic E-state index is -0.297. The first-order valence-electron chi connectivity index (χ1n) is 11.5. The van der Waals surface area contributed by atoms with Crippen LogP contribution >= 0.6 is 23.1 Å². The van der Waals surface area contributed by atoms with E-state index in [1.165, 1.54) is 16.2 Å². The zero-order valence-corrected chi connectivity index (χ0v) is 20.0. The number of rotatable bonds is 3. The largest absolute Gasteiger partial charge is 0.496 e. The number of carbonyl (C=O) groups excluding carboxylic acids is 2. The predicted octanol–water partition coefficient (Wildman–Crippen LogP) is 4.12. The molecule has 8 heteroatoms. The number of methoxy groups -OCH3 is 1. The highest BCUT2D eigenvalue weighted by Crippen LogP contribution is 2.69. The zero-order valence-electron chi connectivity index (χ0n) is 18.3. The molecule has 4 aliphatic rings. The van der Waals surface area contributed by atoms with E-state index in [-0.39, 0.29) is 57.4 Å². The van der Waals surface area contributed by atoms with E-state index in [1.807, 2.05) is 48.5 Å². The first-order valence-corrected chi connectivity index (χ1v) is 13.2. The molecule has 3 aromatic rings. The number of nitrogens with zero attached hydrogens (tertiary/aromatic N) is 1. The lowest BCUT2D eigenvalue weighted by atomic mass is 9.68. The van der Waals surface area contributed by atoms with Crippen LogP contribution in [0.3, 0.4) is 0 Å². The lowest BCUT2D eigenvalue weighted by molar-refractivity contribution is -0.123. The molecule has 2 aliphatic carbocycles. The number of para-hydroxylation sites is 2. The Kier molecular flexibility index (Phi) is 4.42. The number of aromatic amines is 1. The van der Waals surface area contributed by atoms with Gasteiger partial charge in [-0.2, -0.15) is 0 Å². The van der Waals surface area contributed by atoms with Crippen molar-refractivity contribution in [2.24, 2.45) is 29.6 Å². The maximum absolute atomic E-state index is 13.7. The van der Waals surface area contributed by atoms with Crippen LogP contribution in [0.2, 0.25) is 0 Å². The van der Waals surface area contributed by atoms with Crippen molar-refractivity contribution in [2.45, 2.75) is 22.6 Å². The second-order valence-corrected chi connectivity index (χ2v) is 11.8. The number of anilines is 1. The zero-order chi connectivity index (χ0) is 23.1. The number of amides is 2. The molecule has 0 unspecified atom stereocenters. The van der Waals surface area contributed by atoms with Gasteiger partial charge in [0.25, 0.3) is 0 Å². The quantitative estimate of drug-likeness (QED) is 0.559. The first-order chi connectivity index (χ1) is 16.6. The minimum Gasteiger partial charge on any atom is -0.496 e. The Labute approximate surface area is 204 Å². The summed E-state index contributed by atoms with van der Waals surface area (Å²) < 4.78 is 5.73. The van der Waals surface area contributed by atoms with Gasteiger partial charge in [0.15, 0.2) is 0 Å². The Balaban J connectivity index is 1.36. The maximum atomic E-state index is 13.7. The van der Waals surface area contributed by atoms with Gasteiger partial charge in [-0.15, -0.1) is 11.8 Å². The summed E-state index contributed by atoms with van der Waals surface area (Å²) in [6.45, 7) is 0. The summed E-state index contributed by atoms with van der Waals surface area (Å²) in [4.78, 5) is 45.1.